The molecule has 2 rings (SSSR count). The fourth-order valence-electron chi connectivity index (χ4n) is 3.19. The van der Waals surface area contributed by atoms with Crippen molar-refractivity contribution in [3.05, 3.63) is 0 Å². The Balaban J connectivity index is 1.79. The topological polar surface area (TPSA) is 32.3 Å². The fraction of sp³-hybridized carbons (Fsp3) is 1.00. The van der Waals surface area contributed by atoms with Crippen LogP contribution in [0.15, 0.2) is 0 Å². The molecule has 2 aliphatic rings. The van der Waals surface area contributed by atoms with Crippen molar-refractivity contribution < 1.29 is 5.11 Å². The van der Waals surface area contributed by atoms with Crippen LogP contribution in [0.1, 0.15) is 58.3 Å². The van der Waals surface area contributed by atoms with Crippen LogP contribution in [0.2, 0.25) is 0 Å². The van der Waals surface area contributed by atoms with E-state index in [0.29, 0.717) is 12.1 Å². The molecule has 0 aromatic heterocycles. The van der Waals surface area contributed by atoms with Gasteiger partial charge in [-0.3, -0.25) is 0 Å². The first-order valence-corrected chi connectivity index (χ1v) is 6.70. The van der Waals surface area contributed by atoms with E-state index in [4.69, 9.17) is 0 Å². The normalized spacial score (nSPS) is 42.8. The molecule has 2 saturated carbocycles. The molecule has 2 nitrogen and oxygen atoms in total. The predicted molar refractivity (Wildman–Crippen MR) is 62.8 cm³/mol. The molecular formula is C13H25NO. The average Bonchev–Trinajstić information content (AvgIpc) is 2.22. The summed E-state index contributed by atoms with van der Waals surface area (Å²) in [5.74, 6) is 0.872. The number of nitrogens with one attached hydrogen (secondary N) is 1. The molecule has 2 heteroatoms. The summed E-state index contributed by atoms with van der Waals surface area (Å²) in [4.78, 5) is 0. The summed E-state index contributed by atoms with van der Waals surface area (Å²) >= 11 is 0. The summed E-state index contributed by atoms with van der Waals surface area (Å²) in [6.07, 6.45) is 9.96. The summed E-state index contributed by atoms with van der Waals surface area (Å²) in [5, 5.41) is 13.6. The summed E-state index contributed by atoms with van der Waals surface area (Å²) in [6.45, 7) is 2.35. The SMILES string of the molecule is C[C@@H]1CCC[C@H](N[C@H]2CCCC[C@@H]2O)C1. The zero-order chi connectivity index (χ0) is 10.7. The predicted octanol–water partition coefficient (Wildman–Crippen LogP) is 2.46. The molecule has 0 bridgehead atoms. The lowest BCUT2D eigenvalue weighted by atomic mass is 9.85. The Hall–Kier alpha value is -0.0800. The van der Waals surface area contributed by atoms with E-state index in [1.807, 2.05) is 0 Å². The Labute approximate surface area is 93.5 Å². The smallest absolute Gasteiger partial charge is 0.0693 e. The molecule has 2 aliphatic carbocycles. The van der Waals surface area contributed by atoms with Gasteiger partial charge in [0.05, 0.1) is 6.10 Å². The van der Waals surface area contributed by atoms with Gasteiger partial charge in [-0.2, -0.15) is 0 Å². The number of hydrogen-bond donors (Lipinski definition) is 2. The van der Waals surface area contributed by atoms with E-state index in [-0.39, 0.29) is 6.10 Å². The second kappa shape index (κ2) is 5.31. The minimum atomic E-state index is -0.0871. The van der Waals surface area contributed by atoms with Crippen LogP contribution >= 0.6 is 0 Å². The van der Waals surface area contributed by atoms with Crippen LogP contribution in [0.3, 0.4) is 0 Å². The standard InChI is InChI=1S/C13H25NO/c1-10-5-4-6-11(9-10)14-12-7-2-3-8-13(12)15/h10-15H,2-9H2,1H3/t10-,11+,12+,13+/m1/s1. The van der Waals surface area contributed by atoms with E-state index >= 15 is 0 Å². The van der Waals surface area contributed by atoms with Gasteiger partial charge < -0.3 is 10.4 Å². The highest BCUT2D eigenvalue weighted by Gasteiger charge is 2.27. The highest BCUT2D eigenvalue weighted by atomic mass is 16.3. The molecule has 0 spiro atoms. The molecule has 0 heterocycles. The Bertz CT molecular complexity index is 195. The Morgan fingerprint density at radius 1 is 1.00 bits per heavy atom. The molecule has 2 fully saturated rings. The summed E-state index contributed by atoms with van der Waals surface area (Å²) < 4.78 is 0. The molecule has 0 aliphatic heterocycles. The minimum absolute atomic E-state index is 0.0871. The first-order valence-electron chi connectivity index (χ1n) is 6.70. The van der Waals surface area contributed by atoms with Crippen LogP contribution in [0, 0.1) is 5.92 Å². The van der Waals surface area contributed by atoms with Crippen LogP contribution < -0.4 is 5.32 Å². The van der Waals surface area contributed by atoms with Crippen molar-refractivity contribution in [1.29, 1.82) is 0 Å². The van der Waals surface area contributed by atoms with Crippen LogP contribution in [-0.2, 0) is 0 Å². The summed E-state index contributed by atoms with van der Waals surface area (Å²) in [6, 6.07) is 1.06. The number of rotatable bonds is 2. The Morgan fingerprint density at radius 2 is 1.80 bits per heavy atom. The van der Waals surface area contributed by atoms with Gasteiger partial charge in [-0.25, -0.2) is 0 Å². The van der Waals surface area contributed by atoms with Crippen molar-refractivity contribution in [2.75, 3.05) is 0 Å². The molecule has 0 amide bonds. The van der Waals surface area contributed by atoms with Crippen molar-refractivity contribution in [2.45, 2.75) is 76.5 Å². The maximum absolute atomic E-state index is 9.90. The minimum Gasteiger partial charge on any atom is -0.392 e. The van der Waals surface area contributed by atoms with Gasteiger partial charge in [0, 0.05) is 12.1 Å². The maximum atomic E-state index is 9.90. The second-order valence-electron chi connectivity index (χ2n) is 5.59. The van der Waals surface area contributed by atoms with Crippen LogP contribution in [0.5, 0.6) is 0 Å². The third kappa shape index (κ3) is 3.18. The van der Waals surface area contributed by atoms with Crippen molar-refractivity contribution in [3.8, 4) is 0 Å². The molecular weight excluding hydrogens is 186 g/mol. The zero-order valence-corrected chi connectivity index (χ0v) is 9.91. The Morgan fingerprint density at radius 3 is 2.53 bits per heavy atom. The summed E-state index contributed by atoms with van der Waals surface area (Å²) in [5.41, 5.74) is 0. The van der Waals surface area contributed by atoms with Crippen LogP contribution in [0.4, 0.5) is 0 Å². The monoisotopic (exact) mass is 211 g/mol. The highest BCUT2D eigenvalue weighted by molar-refractivity contribution is 4.85. The largest absolute Gasteiger partial charge is 0.392 e. The first kappa shape index (κ1) is 11.4. The van der Waals surface area contributed by atoms with Gasteiger partial charge in [0.1, 0.15) is 0 Å². The lowest BCUT2D eigenvalue weighted by molar-refractivity contribution is 0.0793. The van der Waals surface area contributed by atoms with Gasteiger partial charge in [-0.05, 0) is 31.6 Å². The summed E-state index contributed by atoms with van der Waals surface area (Å²) in [7, 11) is 0. The van der Waals surface area contributed by atoms with Crippen molar-refractivity contribution >= 4 is 0 Å². The molecule has 88 valence electrons. The maximum Gasteiger partial charge on any atom is 0.0693 e. The van der Waals surface area contributed by atoms with Gasteiger partial charge in [0.25, 0.3) is 0 Å². The van der Waals surface area contributed by atoms with Gasteiger partial charge in [0.2, 0.25) is 0 Å². The molecule has 0 unspecified atom stereocenters. The molecule has 0 aromatic rings. The van der Waals surface area contributed by atoms with Gasteiger partial charge in [0.15, 0.2) is 0 Å². The van der Waals surface area contributed by atoms with Crippen LogP contribution in [0.25, 0.3) is 0 Å². The lowest BCUT2D eigenvalue weighted by Crippen LogP contribution is -2.48. The third-order valence-corrected chi connectivity index (χ3v) is 4.12. The van der Waals surface area contributed by atoms with E-state index in [0.717, 1.165) is 12.3 Å². The van der Waals surface area contributed by atoms with Crippen molar-refractivity contribution in [1.82, 2.24) is 5.32 Å². The van der Waals surface area contributed by atoms with E-state index in [9.17, 15) is 5.11 Å². The Kier molecular flexibility index (Phi) is 4.04. The van der Waals surface area contributed by atoms with E-state index < -0.39 is 0 Å². The number of aliphatic hydroxyl groups excluding tert-OH is 1. The van der Waals surface area contributed by atoms with Gasteiger partial charge in [-0.1, -0.05) is 32.6 Å². The molecule has 0 saturated heterocycles. The molecule has 4 atom stereocenters. The molecule has 2 N–H and O–H groups in total. The fourth-order valence-corrected chi connectivity index (χ4v) is 3.19. The second-order valence-corrected chi connectivity index (χ2v) is 5.59. The number of aliphatic hydroxyl groups is 1. The zero-order valence-electron chi connectivity index (χ0n) is 9.91. The number of hydrogen-bond acceptors (Lipinski definition) is 2. The van der Waals surface area contributed by atoms with Crippen LogP contribution in [-0.4, -0.2) is 23.3 Å². The van der Waals surface area contributed by atoms with E-state index in [1.165, 1.54) is 44.9 Å². The van der Waals surface area contributed by atoms with E-state index in [2.05, 4.69) is 12.2 Å². The highest BCUT2D eigenvalue weighted by Crippen LogP contribution is 2.26. The van der Waals surface area contributed by atoms with Crippen molar-refractivity contribution in [2.24, 2.45) is 5.92 Å². The third-order valence-electron chi connectivity index (χ3n) is 4.12. The molecule has 0 aromatic carbocycles. The van der Waals surface area contributed by atoms with Crippen molar-refractivity contribution in [3.63, 3.8) is 0 Å². The lowest BCUT2D eigenvalue weighted by Gasteiger charge is -2.35. The van der Waals surface area contributed by atoms with Gasteiger partial charge >= 0.3 is 0 Å². The van der Waals surface area contributed by atoms with Gasteiger partial charge in [-0.15, -0.1) is 0 Å². The molecule has 15 heavy (non-hydrogen) atoms. The van der Waals surface area contributed by atoms with E-state index in [1.54, 1.807) is 0 Å². The molecule has 0 radical (unpaired) electrons. The average molecular weight is 211 g/mol. The first-order chi connectivity index (χ1) is 7.25. The quantitative estimate of drug-likeness (QED) is 0.735.